The van der Waals surface area contributed by atoms with Crippen LogP contribution in [0.3, 0.4) is 0 Å². The van der Waals surface area contributed by atoms with Gasteiger partial charge in [-0.1, -0.05) is 6.92 Å². The van der Waals surface area contributed by atoms with Crippen molar-refractivity contribution in [2.45, 2.75) is 38.3 Å². The first-order valence-electron chi connectivity index (χ1n) is 6.48. The second-order valence-corrected chi connectivity index (χ2v) is 4.92. The summed E-state index contributed by atoms with van der Waals surface area (Å²) in [7, 11) is 1.73. The number of likely N-dealkylation sites (tertiary alicyclic amines) is 1. The molecule has 4 N–H and O–H groups in total. The molecule has 2 unspecified atom stereocenters. The lowest BCUT2D eigenvalue weighted by Crippen LogP contribution is -2.48. The van der Waals surface area contributed by atoms with Crippen LogP contribution in [0.2, 0.25) is 0 Å². The number of hydrogen-bond donors (Lipinski definition) is 2. The maximum absolute atomic E-state index is 11.9. The number of amides is 2. The Kier molecular flexibility index (Phi) is 11.1. The van der Waals surface area contributed by atoms with Crippen LogP contribution in [0.5, 0.6) is 0 Å². The van der Waals surface area contributed by atoms with Gasteiger partial charge < -0.3 is 16.4 Å². The van der Waals surface area contributed by atoms with Gasteiger partial charge in [-0.2, -0.15) is 0 Å². The number of rotatable bonds is 6. The first-order valence-corrected chi connectivity index (χ1v) is 6.48. The van der Waals surface area contributed by atoms with Gasteiger partial charge in [0.25, 0.3) is 0 Å². The number of halogens is 2. The van der Waals surface area contributed by atoms with E-state index in [9.17, 15) is 9.59 Å². The van der Waals surface area contributed by atoms with Gasteiger partial charge in [-0.25, -0.2) is 0 Å². The van der Waals surface area contributed by atoms with Crippen molar-refractivity contribution in [2.24, 2.45) is 11.5 Å². The minimum absolute atomic E-state index is 0. The van der Waals surface area contributed by atoms with Gasteiger partial charge in [-0.3, -0.25) is 14.5 Å². The van der Waals surface area contributed by atoms with Gasteiger partial charge in [0.2, 0.25) is 11.8 Å². The third-order valence-corrected chi connectivity index (χ3v) is 3.50. The third-order valence-electron chi connectivity index (χ3n) is 3.50. The zero-order valence-electron chi connectivity index (χ0n) is 12.1. The van der Waals surface area contributed by atoms with Crippen LogP contribution in [0.1, 0.15) is 26.2 Å². The highest BCUT2D eigenvalue weighted by Gasteiger charge is 2.27. The van der Waals surface area contributed by atoms with Crippen LogP contribution < -0.4 is 11.5 Å². The maximum Gasteiger partial charge on any atom is 0.239 e. The third kappa shape index (κ3) is 6.26. The number of hydrogen-bond acceptors (Lipinski definition) is 4. The van der Waals surface area contributed by atoms with Crippen molar-refractivity contribution in [2.75, 3.05) is 26.7 Å². The molecule has 2 amide bonds. The fourth-order valence-corrected chi connectivity index (χ4v) is 2.51. The molecule has 2 atom stereocenters. The molecule has 1 heterocycles. The largest absolute Gasteiger partial charge is 0.370 e. The Morgan fingerprint density at radius 1 is 1.40 bits per heavy atom. The highest BCUT2D eigenvalue weighted by Crippen LogP contribution is 2.17. The van der Waals surface area contributed by atoms with Gasteiger partial charge in [-0.15, -0.1) is 24.8 Å². The predicted octanol–water partition coefficient (Wildman–Crippen LogP) is -0.0246. The summed E-state index contributed by atoms with van der Waals surface area (Å²) in [5.74, 6) is -0.753. The summed E-state index contributed by atoms with van der Waals surface area (Å²) in [6.45, 7) is 4.88. The van der Waals surface area contributed by atoms with E-state index in [1.165, 1.54) is 6.42 Å². The van der Waals surface area contributed by atoms with Gasteiger partial charge in [0.15, 0.2) is 0 Å². The SMILES string of the molecule is CCN1CCCC1CN(C)C(=O)C(N)CC(N)=O.Cl.Cl. The Hall–Kier alpha value is -0.560. The Morgan fingerprint density at radius 3 is 2.50 bits per heavy atom. The molecule has 1 aliphatic rings. The van der Waals surface area contributed by atoms with E-state index in [1.807, 2.05) is 0 Å². The quantitative estimate of drug-likeness (QED) is 0.716. The van der Waals surface area contributed by atoms with Crippen molar-refractivity contribution in [1.82, 2.24) is 9.80 Å². The summed E-state index contributed by atoms with van der Waals surface area (Å²) in [5, 5.41) is 0. The molecular weight excluding hydrogens is 303 g/mol. The first-order chi connectivity index (χ1) is 8.45. The van der Waals surface area contributed by atoms with Gasteiger partial charge in [-0.05, 0) is 25.9 Å². The fourth-order valence-electron chi connectivity index (χ4n) is 2.51. The average Bonchev–Trinajstić information content (AvgIpc) is 2.74. The number of carbonyl (C=O) groups is 2. The van der Waals surface area contributed by atoms with E-state index < -0.39 is 11.9 Å². The average molecular weight is 329 g/mol. The van der Waals surface area contributed by atoms with E-state index in [4.69, 9.17) is 11.5 Å². The second kappa shape index (κ2) is 10.2. The van der Waals surface area contributed by atoms with E-state index in [2.05, 4.69) is 11.8 Å². The summed E-state index contributed by atoms with van der Waals surface area (Å²) in [6.07, 6.45) is 2.19. The lowest BCUT2D eigenvalue weighted by Gasteiger charge is -2.29. The van der Waals surface area contributed by atoms with Crippen LogP contribution >= 0.6 is 24.8 Å². The summed E-state index contributed by atoms with van der Waals surface area (Å²) < 4.78 is 0. The molecule has 0 aromatic carbocycles. The molecule has 8 heteroatoms. The normalized spacial score (nSPS) is 19.6. The van der Waals surface area contributed by atoms with E-state index in [1.54, 1.807) is 11.9 Å². The van der Waals surface area contributed by atoms with Gasteiger partial charge in [0.05, 0.1) is 12.5 Å². The fraction of sp³-hybridized carbons (Fsp3) is 0.833. The minimum Gasteiger partial charge on any atom is -0.370 e. The van der Waals surface area contributed by atoms with Crippen LogP contribution in [0, 0.1) is 0 Å². The topological polar surface area (TPSA) is 92.7 Å². The molecule has 0 aromatic heterocycles. The molecule has 0 spiro atoms. The molecule has 0 bridgehead atoms. The molecule has 0 aromatic rings. The molecule has 120 valence electrons. The molecule has 1 fully saturated rings. The van der Waals surface area contributed by atoms with E-state index in [-0.39, 0.29) is 37.1 Å². The molecule has 0 saturated carbocycles. The molecule has 20 heavy (non-hydrogen) atoms. The van der Waals surface area contributed by atoms with Crippen LogP contribution in [0.15, 0.2) is 0 Å². The molecule has 1 rings (SSSR count). The standard InChI is InChI=1S/C12H24N4O2.2ClH/c1-3-16-6-4-5-9(16)8-15(2)12(18)10(13)7-11(14)17;;/h9-10H,3-8,13H2,1-2H3,(H2,14,17);2*1H. The van der Waals surface area contributed by atoms with E-state index >= 15 is 0 Å². The highest BCUT2D eigenvalue weighted by atomic mass is 35.5. The van der Waals surface area contributed by atoms with Crippen molar-refractivity contribution in [3.05, 3.63) is 0 Å². The maximum atomic E-state index is 11.9. The molecule has 1 saturated heterocycles. The van der Waals surface area contributed by atoms with Crippen LogP contribution in [0.4, 0.5) is 0 Å². The summed E-state index contributed by atoms with van der Waals surface area (Å²) in [4.78, 5) is 26.7. The molecule has 0 aliphatic carbocycles. The lowest BCUT2D eigenvalue weighted by molar-refractivity contribution is -0.134. The lowest BCUT2D eigenvalue weighted by atomic mass is 10.1. The predicted molar refractivity (Wildman–Crippen MR) is 84.2 cm³/mol. The van der Waals surface area contributed by atoms with Crippen molar-refractivity contribution in [3.8, 4) is 0 Å². The number of carbonyl (C=O) groups excluding carboxylic acids is 2. The smallest absolute Gasteiger partial charge is 0.239 e. The van der Waals surface area contributed by atoms with Crippen molar-refractivity contribution in [1.29, 1.82) is 0 Å². The molecular formula is C12H26Cl2N4O2. The van der Waals surface area contributed by atoms with Crippen LogP contribution in [-0.2, 0) is 9.59 Å². The number of primary amides is 1. The van der Waals surface area contributed by atoms with Crippen LogP contribution in [0.25, 0.3) is 0 Å². The Labute approximate surface area is 133 Å². The number of nitrogens with zero attached hydrogens (tertiary/aromatic N) is 2. The van der Waals surface area contributed by atoms with Gasteiger partial charge in [0.1, 0.15) is 0 Å². The molecule has 0 radical (unpaired) electrons. The first kappa shape index (κ1) is 21.7. The van der Waals surface area contributed by atoms with Crippen LogP contribution in [-0.4, -0.2) is 60.4 Å². The van der Waals surface area contributed by atoms with Crippen molar-refractivity contribution >= 4 is 36.6 Å². The minimum atomic E-state index is -0.816. The monoisotopic (exact) mass is 328 g/mol. The zero-order valence-corrected chi connectivity index (χ0v) is 13.7. The summed E-state index contributed by atoms with van der Waals surface area (Å²) in [6, 6.07) is -0.409. The molecule has 1 aliphatic heterocycles. The Morgan fingerprint density at radius 2 is 2.00 bits per heavy atom. The number of likely N-dealkylation sites (N-methyl/N-ethyl adjacent to an activating group) is 2. The van der Waals surface area contributed by atoms with Gasteiger partial charge in [0, 0.05) is 19.6 Å². The van der Waals surface area contributed by atoms with Crippen molar-refractivity contribution < 1.29 is 9.59 Å². The Balaban J connectivity index is 0. The highest BCUT2D eigenvalue weighted by molar-refractivity contribution is 5.87. The molecule has 6 nitrogen and oxygen atoms in total. The number of nitrogens with two attached hydrogens (primary N) is 2. The second-order valence-electron chi connectivity index (χ2n) is 4.92. The summed E-state index contributed by atoms with van der Waals surface area (Å²) >= 11 is 0. The summed E-state index contributed by atoms with van der Waals surface area (Å²) in [5.41, 5.74) is 10.7. The van der Waals surface area contributed by atoms with Gasteiger partial charge >= 0.3 is 0 Å². The van der Waals surface area contributed by atoms with E-state index in [0.717, 1.165) is 19.5 Å². The zero-order chi connectivity index (χ0) is 13.7. The van der Waals surface area contributed by atoms with E-state index in [0.29, 0.717) is 12.6 Å². The Bertz CT molecular complexity index is 318. The van der Waals surface area contributed by atoms with Crippen molar-refractivity contribution in [3.63, 3.8) is 0 Å².